The predicted octanol–water partition coefficient (Wildman–Crippen LogP) is 2.93. The summed E-state index contributed by atoms with van der Waals surface area (Å²) in [5.41, 5.74) is 1.27. The predicted molar refractivity (Wildman–Crippen MR) is 76.7 cm³/mol. The smallest absolute Gasteiger partial charge is 0.0576 e. The number of ether oxygens (including phenoxy) is 1. The summed E-state index contributed by atoms with van der Waals surface area (Å²) in [6, 6.07) is 2.65. The molecule has 1 aliphatic rings. The van der Waals surface area contributed by atoms with Crippen molar-refractivity contribution in [2.45, 2.75) is 44.2 Å². The van der Waals surface area contributed by atoms with Gasteiger partial charge < -0.3 is 10.1 Å². The van der Waals surface area contributed by atoms with Crippen LogP contribution in [0.5, 0.6) is 0 Å². The summed E-state index contributed by atoms with van der Waals surface area (Å²) in [6.07, 6.45) is 10.1. The van der Waals surface area contributed by atoms with Crippen LogP contribution < -0.4 is 5.32 Å². The lowest BCUT2D eigenvalue weighted by molar-refractivity contribution is 0.0998. The molecule has 1 fully saturated rings. The first-order valence-electron chi connectivity index (χ1n) is 6.66. The summed E-state index contributed by atoms with van der Waals surface area (Å²) < 4.78 is 6.72. The first-order chi connectivity index (χ1) is 8.78. The van der Waals surface area contributed by atoms with E-state index < -0.39 is 0 Å². The van der Waals surface area contributed by atoms with Crippen LogP contribution in [0.1, 0.15) is 31.2 Å². The Kier molecular flexibility index (Phi) is 5.60. The Hall–Kier alpha value is -0.450. The number of halogens is 1. The largest absolute Gasteiger partial charge is 0.378 e. The Balaban J connectivity index is 1.81. The molecule has 0 radical (unpaired) electrons. The summed E-state index contributed by atoms with van der Waals surface area (Å²) >= 11 is 3.46. The van der Waals surface area contributed by atoms with Crippen LogP contribution >= 0.6 is 15.9 Å². The number of hydrogen-bond donors (Lipinski definition) is 1. The summed E-state index contributed by atoms with van der Waals surface area (Å²) in [5.74, 6) is 0. The van der Waals surface area contributed by atoms with Crippen LogP contribution in [0, 0.1) is 0 Å². The van der Waals surface area contributed by atoms with E-state index in [9.17, 15) is 0 Å². The van der Waals surface area contributed by atoms with Crippen molar-refractivity contribution >= 4 is 15.9 Å². The van der Waals surface area contributed by atoms with Crippen molar-refractivity contribution in [2.75, 3.05) is 13.7 Å². The molecule has 18 heavy (non-hydrogen) atoms. The van der Waals surface area contributed by atoms with Crippen LogP contribution in [0.3, 0.4) is 0 Å². The Morgan fingerprint density at radius 2 is 2.44 bits per heavy atom. The van der Waals surface area contributed by atoms with Crippen LogP contribution in [0.2, 0.25) is 0 Å². The van der Waals surface area contributed by atoms with Gasteiger partial charge in [-0.25, -0.2) is 0 Å². The summed E-state index contributed by atoms with van der Waals surface area (Å²) in [4.78, 5) is 4.21. The van der Waals surface area contributed by atoms with Crippen LogP contribution in [0.4, 0.5) is 0 Å². The zero-order valence-corrected chi connectivity index (χ0v) is 12.4. The number of pyridine rings is 1. The zero-order chi connectivity index (χ0) is 12.8. The fraction of sp³-hybridized carbons (Fsp3) is 0.643. The zero-order valence-electron chi connectivity index (χ0n) is 10.9. The summed E-state index contributed by atoms with van der Waals surface area (Å²) in [5, 5.41) is 3.40. The highest BCUT2D eigenvalue weighted by Gasteiger charge is 2.17. The maximum absolute atomic E-state index is 5.67. The molecule has 4 heteroatoms. The van der Waals surface area contributed by atoms with E-state index in [-0.39, 0.29) is 0 Å². The van der Waals surface area contributed by atoms with Gasteiger partial charge in [0.25, 0.3) is 0 Å². The molecular formula is C14H21BrN2O. The van der Waals surface area contributed by atoms with Crippen molar-refractivity contribution in [3.8, 4) is 0 Å². The monoisotopic (exact) mass is 312 g/mol. The van der Waals surface area contributed by atoms with E-state index in [4.69, 9.17) is 4.74 Å². The van der Waals surface area contributed by atoms with Crippen molar-refractivity contribution in [2.24, 2.45) is 0 Å². The van der Waals surface area contributed by atoms with Gasteiger partial charge in [-0.2, -0.15) is 0 Å². The number of hydrogen-bond acceptors (Lipinski definition) is 3. The van der Waals surface area contributed by atoms with Crippen molar-refractivity contribution in [3.05, 3.63) is 28.5 Å². The second-order valence-corrected chi connectivity index (χ2v) is 5.83. The number of likely N-dealkylation sites (N-methyl/N-ethyl adjacent to an activating group) is 1. The number of nitrogens with one attached hydrogen (secondary N) is 1. The molecule has 0 aliphatic carbocycles. The third kappa shape index (κ3) is 4.34. The minimum absolute atomic E-state index is 0.487. The van der Waals surface area contributed by atoms with Gasteiger partial charge in [0.15, 0.2) is 0 Å². The third-order valence-electron chi connectivity index (χ3n) is 3.51. The quantitative estimate of drug-likeness (QED) is 0.877. The fourth-order valence-corrected chi connectivity index (χ4v) is 2.87. The lowest BCUT2D eigenvalue weighted by Gasteiger charge is -2.18. The Morgan fingerprint density at radius 3 is 3.11 bits per heavy atom. The molecule has 2 rings (SSSR count). The van der Waals surface area contributed by atoms with Gasteiger partial charge in [0.2, 0.25) is 0 Å². The van der Waals surface area contributed by atoms with E-state index in [1.54, 1.807) is 0 Å². The van der Waals surface area contributed by atoms with Crippen molar-refractivity contribution in [3.63, 3.8) is 0 Å². The Morgan fingerprint density at radius 1 is 1.56 bits per heavy atom. The minimum Gasteiger partial charge on any atom is -0.378 e. The van der Waals surface area contributed by atoms with Gasteiger partial charge in [0.05, 0.1) is 6.10 Å². The molecule has 2 unspecified atom stereocenters. The molecule has 3 nitrogen and oxygen atoms in total. The molecule has 1 N–H and O–H groups in total. The second kappa shape index (κ2) is 7.22. The van der Waals surface area contributed by atoms with E-state index >= 15 is 0 Å². The molecule has 1 aliphatic heterocycles. The summed E-state index contributed by atoms with van der Waals surface area (Å²) in [6.45, 7) is 0.949. The number of rotatable bonds is 6. The first-order valence-corrected chi connectivity index (χ1v) is 7.45. The molecule has 2 atom stereocenters. The molecule has 0 aromatic carbocycles. The van der Waals surface area contributed by atoms with Crippen molar-refractivity contribution in [1.82, 2.24) is 10.3 Å². The topological polar surface area (TPSA) is 34.1 Å². The van der Waals surface area contributed by atoms with Crippen LogP contribution in [0.15, 0.2) is 22.9 Å². The first kappa shape index (κ1) is 14.0. The molecule has 0 bridgehead atoms. The van der Waals surface area contributed by atoms with E-state index in [1.807, 2.05) is 19.4 Å². The van der Waals surface area contributed by atoms with Gasteiger partial charge in [-0.1, -0.05) is 0 Å². The third-order valence-corrected chi connectivity index (χ3v) is 3.95. The molecule has 1 aromatic rings. The maximum Gasteiger partial charge on any atom is 0.0576 e. The van der Waals surface area contributed by atoms with Gasteiger partial charge >= 0.3 is 0 Å². The molecular weight excluding hydrogens is 292 g/mol. The molecule has 1 saturated heterocycles. The maximum atomic E-state index is 5.67. The molecule has 0 saturated carbocycles. The molecule has 0 spiro atoms. The lowest BCUT2D eigenvalue weighted by Crippen LogP contribution is -2.28. The lowest BCUT2D eigenvalue weighted by atomic mass is 10.0. The van der Waals surface area contributed by atoms with Crippen molar-refractivity contribution < 1.29 is 4.74 Å². The van der Waals surface area contributed by atoms with Crippen LogP contribution in [-0.4, -0.2) is 30.8 Å². The van der Waals surface area contributed by atoms with Crippen molar-refractivity contribution in [1.29, 1.82) is 0 Å². The average molecular weight is 313 g/mol. The highest BCUT2D eigenvalue weighted by atomic mass is 79.9. The number of aromatic nitrogens is 1. The second-order valence-electron chi connectivity index (χ2n) is 4.91. The number of nitrogens with zero attached hydrogens (tertiary/aromatic N) is 1. The highest BCUT2D eigenvalue weighted by Crippen LogP contribution is 2.19. The van der Waals surface area contributed by atoms with E-state index in [2.05, 4.69) is 32.3 Å². The fourth-order valence-electron chi connectivity index (χ4n) is 2.46. The Labute approximate surface area is 117 Å². The van der Waals surface area contributed by atoms with Crippen LogP contribution in [-0.2, 0) is 11.2 Å². The molecule has 2 heterocycles. The van der Waals surface area contributed by atoms with Gasteiger partial charge in [-0.15, -0.1) is 0 Å². The standard InChI is InChI=1S/C14H21BrN2O/c1-16-13(4-5-14-3-2-6-18-14)8-11-7-12(15)10-17-9-11/h7,9-10,13-14,16H,2-6,8H2,1H3. The normalized spacial score (nSPS) is 21.1. The highest BCUT2D eigenvalue weighted by molar-refractivity contribution is 9.10. The van der Waals surface area contributed by atoms with E-state index in [1.165, 1.54) is 18.4 Å². The minimum atomic E-state index is 0.487. The SMILES string of the molecule is CNC(CCC1CCCO1)Cc1cncc(Br)c1. The molecule has 100 valence electrons. The average Bonchev–Trinajstić information content (AvgIpc) is 2.87. The van der Waals surface area contributed by atoms with Gasteiger partial charge in [-0.3, -0.25) is 4.98 Å². The Bertz CT molecular complexity index is 367. The van der Waals surface area contributed by atoms with Gasteiger partial charge in [-0.05, 0) is 66.7 Å². The summed E-state index contributed by atoms with van der Waals surface area (Å²) in [7, 11) is 2.03. The van der Waals surface area contributed by atoms with Crippen LogP contribution in [0.25, 0.3) is 0 Å². The molecule has 0 amide bonds. The molecule has 1 aromatic heterocycles. The van der Waals surface area contributed by atoms with E-state index in [0.29, 0.717) is 12.1 Å². The van der Waals surface area contributed by atoms with Gasteiger partial charge in [0.1, 0.15) is 0 Å². The van der Waals surface area contributed by atoms with E-state index in [0.717, 1.165) is 30.3 Å². The van der Waals surface area contributed by atoms with Gasteiger partial charge in [0, 0.05) is 29.5 Å².